The molecule has 3 heterocycles. The molecular weight excluding hydrogens is 322 g/mol. The van der Waals surface area contributed by atoms with E-state index in [1.54, 1.807) is 6.20 Å². The minimum absolute atomic E-state index is 0.0897. The number of carbonyl (C=O) groups is 1. The van der Waals surface area contributed by atoms with Gasteiger partial charge in [-0.25, -0.2) is 8.42 Å². The van der Waals surface area contributed by atoms with E-state index in [0.29, 0.717) is 31.2 Å². The molecule has 0 N–H and O–H groups in total. The molecule has 126 valence electrons. The molecule has 1 aromatic carbocycles. The van der Waals surface area contributed by atoms with Gasteiger partial charge < -0.3 is 0 Å². The van der Waals surface area contributed by atoms with E-state index in [4.69, 9.17) is 0 Å². The van der Waals surface area contributed by atoms with Gasteiger partial charge in [-0.1, -0.05) is 24.6 Å². The minimum Gasteiger partial charge on any atom is -0.294 e. The zero-order chi connectivity index (χ0) is 16.9. The third-order valence-electron chi connectivity index (χ3n) is 5.74. The number of carbonyl (C=O) groups excluding carboxylic acids is 1. The maximum absolute atomic E-state index is 13.1. The molecule has 2 atom stereocenters. The summed E-state index contributed by atoms with van der Waals surface area (Å²) in [5, 5.41) is 0.380. The summed E-state index contributed by atoms with van der Waals surface area (Å²) in [6, 6.07) is 7.68. The number of ketones is 1. The molecule has 2 aromatic rings. The number of aryl methyl sites for hydroxylation is 1. The molecule has 2 aliphatic rings. The third-order valence-corrected chi connectivity index (χ3v) is 8.45. The lowest BCUT2D eigenvalue weighted by atomic mass is 9.83. The Morgan fingerprint density at radius 1 is 1.12 bits per heavy atom. The van der Waals surface area contributed by atoms with Crippen LogP contribution < -0.4 is 0 Å². The maximum atomic E-state index is 13.1. The highest BCUT2D eigenvalue weighted by molar-refractivity contribution is 7.92. The van der Waals surface area contributed by atoms with Crippen LogP contribution in [0.5, 0.6) is 0 Å². The van der Waals surface area contributed by atoms with Crippen LogP contribution in [0, 0.1) is 12.8 Å². The lowest BCUT2D eigenvalue weighted by Crippen LogP contribution is -2.45. The second-order valence-corrected chi connectivity index (χ2v) is 9.62. The molecule has 0 spiro atoms. The van der Waals surface area contributed by atoms with Gasteiger partial charge in [0.1, 0.15) is 0 Å². The van der Waals surface area contributed by atoms with Crippen LogP contribution >= 0.6 is 0 Å². The molecule has 2 unspecified atom stereocenters. The number of fused-ring (bicyclic) bond motifs is 3. The maximum Gasteiger partial charge on any atom is 0.166 e. The number of benzene rings is 1. The van der Waals surface area contributed by atoms with Crippen molar-refractivity contribution < 1.29 is 13.2 Å². The summed E-state index contributed by atoms with van der Waals surface area (Å²) >= 11 is 0. The Hall–Kier alpha value is -1.75. The molecule has 2 bridgehead atoms. The summed E-state index contributed by atoms with van der Waals surface area (Å²) in [7, 11) is -3.02. The topological polar surface area (TPSA) is 64.1 Å². The van der Waals surface area contributed by atoms with E-state index in [-0.39, 0.29) is 22.2 Å². The normalized spacial score (nSPS) is 28.6. The first-order valence-electron chi connectivity index (χ1n) is 8.59. The molecule has 0 saturated carbocycles. The molecule has 1 aromatic heterocycles. The van der Waals surface area contributed by atoms with E-state index >= 15 is 0 Å². The van der Waals surface area contributed by atoms with Crippen molar-refractivity contribution in [1.29, 1.82) is 0 Å². The summed E-state index contributed by atoms with van der Waals surface area (Å²) in [6.45, 7) is 1.93. The van der Waals surface area contributed by atoms with Gasteiger partial charge in [-0.15, -0.1) is 0 Å². The lowest BCUT2D eigenvalue weighted by molar-refractivity contribution is 0.0893. The number of sulfone groups is 1. The molecule has 0 amide bonds. The molecule has 2 fully saturated rings. The van der Waals surface area contributed by atoms with Crippen LogP contribution in [0.1, 0.15) is 48.0 Å². The van der Waals surface area contributed by atoms with E-state index in [1.165, 1.54) is 0 Å². The number of rotatable bonds is 2. The van der Waals surface area contributed by atoms with Crippen LogP contribution in [-0.4, -0.2) is 29.7 Å². The largest absolute Gasteiger partial charge is 0.294 e. The molecular formula is C19H21NO3S. The van der Waals surface area contributed by atoms with Crippen molar-refractivity contribution >= 4 is 26.5 Å². The molecule has 0 aliphatic carbocycles. The van der Waals surface area contributed by atoms with Gasteiger partial charge >= 0.3 is 0 Å². The number of nitrogens with zero attached hydrogens (tertiary/aromatic N) is 1. The highest BCUT2D eigenvalue weighted by atomic mass is 32.2. The number of aromatic nitrogens is 1. The van der Waals surface area contributed by atoms with Crippen LogP contribution in [0.25, 0.3) is 10.9 Å². The first-order chi connectivity index (χ1) is 11.5. The highest BCUT2D eigenvalue weighted by Crippen LogP contribution is 2.40. The number of hydrogen-bond acceptors (Lipinski definition) is 4. The molecule has 2 aliphatic heterocycles. The Kier molecular flexibility index (Phi) is 3.71. The fourth-order valence-corrected chi connectivity index (χ4v) is 6.94. The predicted octanol–water partition coefficient (Wildman–Crippen LogP) is 3.47. The van der Waals surface area contributed by atoms with Crippen molar-refractivity contribution in [3.05, 3.63) is 41.6 Å². The molecule has 2 saturated heterocycles. The van der Waals surface area contributed by atoms with Crippen LogP contribution in [0.3, 0.4) is 0 Å². The van der Waals surface area contributed by atoms with Crippen molar-refractivity contribution in [2.45, 2.75) is 49.5 Å². The fourth-order valence-electron chi connectivity index (χ4n) is 4.40. The van der Waals surface area contributed by atoms with E-state index in [1.807, 2.05) is 31.2 Å². The van der Waals surface area contributed by atoms with Crippen molar-refractivity contribution in [3.63, 3.8) is 0 Å². The number of Topliss-reactive ketones (excluding diaryl/α,β-unsaturated/α-hetero) is 1. The third kappa shape index (κ3) is 2.37. The average molecular weight is 343 g/mol. The van der Waals surface area contributed by atoms with Crippen molar-refractivity contribution in [2.24, 2.45) is 5.92 Å². The number of hydrogen-bond donors (Lipinski definition) is 0. The summed E-state index contributed by atoms with van der Waals surface area (Å²) in [6.07, 6.45) is 5.09. The highest BCUT2D eigenvalue weighted by Gasteiger charge is 2.46. The second-order valence-electron chi connectivity index (χ2n) is 7.11. The van der Waals surface area contributed by atoms with Crippen LogP contribution in [0.2, 0.25) is 0 Å². The van der Waals surface area contributed by atoms with E-state index in [2.05, 4.69) is 4.98 Å². The van der Waals surface area contributed by atoms with Gasteiger partial charge in [0.05, 0.1) is 16.0 Å². The monoisotopic (exact) mass is 343 g/mol. The summed E-state index contributed by atoms with van der Waals surface area (Å²) in [5.74, 6) is -0.0875. The van der Waals surface area contributed by atoms with Crippen LogP contribution in [0.4, 0.5) is 0 Å². The zero-order valence-corrected chi connectivity index (χ0v) is 14.6. The lowest BCUT2D eigenvalue weighted by Gasteiger charge is -2.38. The van der Waals surface area contributed by atoms with Gasteiger partial charge in [-0.05, 0) is 44.2 Å². The summed E-state index contributed by atoms with van der Waals surface area (Å²) in [5.41, 5.74) is 2.45. The van der Waals surface area contributed by atoms with Gasteiger partial charge in [0.15, 0.2) is 15.6 Å². The molecule has 4 nitrogen and oxygen atoms in total. The van der Waals surface area contributed by atoms with Gasteiger partial charge in [0.25, 0.3) is 0 Å². The Labute approximate surface area is 142 Å². The van der Waals surface area contributed by atoms with Crippen LogP contribution in [-0.2, 0) is 9.84 Å². The smallest absolute Gasteiger partial charge is 0.166 e. The van der Waals surface area contributed by atoms with Gasteiger partial charge in [0.2, 0.25) is 0 Å². The fraction of sp³-hybridized carbons (Fsp3) is 0.474. The van der Waals surface area contributed by atoms with Gasteiger partial charge in [0, 0.05) is 23.1 Å². The van der Waals surface area contributed by atoms with Crippen LogP contribution in [0.15, 0.2) is 30.5 Å². The Morgan fingerprint density at radius 2 is 1.83 bits per heavy atom. The molecule has 4 rings (SSSR count). The van der Waals surface area contributed by atoms with E-state index in [0.717, 1.165) is 22.9 Å². The number of pyridine rings is 1. The van der Waals surface area contributed by atoms with Crippen molar-refractivity contribution in [2.75, 3.05) is 0 Å². The first-order valence-corrected chi connectivity index (χ1v) is 10.2. The summed E-state index contributed by atoms with van der Waals surface area (Å²) in [4.78, 5) is 17.5. The van der Waals surface area contributed by atoms with Gasteiger partial charge in [-0.2, -0.15) is 0 Å². The molecule has 24 heavy (non-hydrogen) atoms. The van der Waals surface area contributed by atoms with Crippen molar-refractivity contribution in [1.82, 2.24) is 4.98 Å². The predicted molar refractivity (Wildman–Crippen MR) is 93.9 cm³/mol. The quantitative estimate of drug-likeness (QED) is 0.783. The Balaban J connectivity index is 1.69. The van der Waals surface area contributed by atoms with E-state index < -0.39 is 9.84 Å². The second kappa shape index (κ2) is 5.66. The SMILES string of the molecule is Cc1c(C(=O)C2CC3CCCC(C2)S3(=O)=O)ccc2cccnc12. The minimum atomic E-state index is -3.02. The Bertz CT molecular complexity index is 899. The molecule has 5 heteroatoms. The van der Waals surface area contributed by atoms with E-state index in [9.17, 15) is 13.2 Å². The Morgan fingerprint density at radius 3 is 2.54 bits per heavy atom. The standard InChI is InChI=1S/C19H21NO3S/c1-12-17(8-7-13-4-3-9-20-18(12)13)19(21)14-10-15-5-2-6-16(11-14)24(15,22)23/h3-4,7-9,14-16H,2,5-6,10-11H2,1H3. The average Bonchev–Trinajstić information content (AvgIpc) is 2.54. The first kappa shape index (κ1) is 15.8. The van der Waals surface area contributed by atoms with Gasteiger partial charge in [-0.3, -0.25) is 9.78 Å². The molecule has 0 radical (unpaired) electrons. The summed E-state index contributed by atoms with van der Waals surface area (Å²) < 4.78 is 24.8. The zero-order valence-electron chi connectivity index (χ0n) is 13.7. The van der Waals surface area contributed by atoms with Crippen molar-refractivity contribution in [3.8, 4) is 0 Å².